The van der Waals surface area contributed by atoms with E-state index in [1.807, 2.05) is 0 Å². The summed E-state index contributed by atoms with van der Waals surface area (Å²) in [5.74, 6) is 4.73. The molecule has 5 aliphatic rings. The van der Waals surface area contributed by atoms with Crippen LogP contribution < -0.4 is 5.32 Å². The van der Waals surface area contributed by atoms with Crippen LogP contribution in [0.2, 0.25) is 0 Å². The second kappa shape index (κ2) is 6.76. The lowest BCUT2D eigenvalue weighted by atomic mass is 9.43. The number of fused-ring (bicyclic) bond motifs is 5. The van der Waals surface area contributed by atoms with E-state index in [1.165, 1.54) is 64.5 Å². The van der Waals surface area contributed by atoms with Crippen LogP contribution >= 0.6 is 11.8 Å². The maximum Gasteiger partial charge on any atom is 0.139 e. The molecule has 27 heavy (non-hydrogen) atoms. The normalized spacial score (nSPS) is 55.1. The summed E-state index contributed by atoms with van der Waals surface area (Å²) in [7, 11) is 0. The Hall–Kier alpha value is -0.0200. The molecule has 1 heterocycles. The number of rotatable bonds is 2. The molecule has 2 nitrogen and oxygen atoms in total. The van der Waals surface area contributed by atoms with Crippen molar-refractivity contribution in [3.63, 3.8) is 0 Å². The Kier molecular flexibility index (Phi) is 4.75. The van der Waals surface area contributed by atoms with Gasteiger partial charge in [-0.15, -0.1) is 0 Å². The van der Waals surface area contributed by atoms with Gasteiger partial charge in [0.15, 0.2) is 0 Å². The Morgan fingerprint density at radius 3 is 2.63 bits per heavy atom. The van der Waals surface area contributed by atoms with Gasteiger partial charge in [0.2, 0.25) is 0 Å². The summed E-state index contributed by atoms with van der Waals surface area (Å²) in [6.07, 6.45) is 11.7. The van der Waals surface area contributed by atoms with E-state index in [1.54, 1.807) is 0 Å². The first-order valence-electron chi connectivity index (χ1n) is 11.8. The van der Waals surface area contributed by atoms with Gasteiger partial charge in [-0.1, -0.05) is 20.8 Å². The molecule has 0 amide bonds. The zero-order valence-electron chi connectivity index (χ0n) is 17.6. The molecule has 3 heteroatoms. The lowest BCUT2D eigenvalue weighted by Crippen LogP contribution is -2.56. The summed E-state index contributed by atoms with van der Waals surface area (Å²) in [6, 6.07) is 0. The maximum atomic E-state index is 12.7. The average Bonchev–Trinajstić information content (AvgIpc) is 3.25. The third-order valence-corrected chi connectivity index (χ3v) is 11.7. The second-order valence-corrected chi connectivity index (χ2v) is 12.9. The molecule has 0 spiro atoms. The largest absolute Gasteiger partial charge is 0.316 e. The van der Waals surface area contributed by atoms with Gasteiger partial charge in [0.1, 0.15) is 5.78 Å². The lowest BCUT2D eigenvalue weighted by molar-refractivity contribution is -0.146. The summed E-state index contributed by atoms with van der Waals surface area (Å²) in [5, 5.41) is 5.32. The molecule has 1 saturated heterocycles. The first kappa shape index (κ1) is 19.0. The van der Waals surface area contributed by atoms with Crippen LogP contribution in [0.15, 0.2) is 0 Å². The van der Waals surface area contributed by atoms with Crippen molar-refractivity contribution in [2.24, 2.45) is 40.4 Å². The number of carbonyl (C=O) groups excluding carboxylic acids is 1. The highest BCUT2D eigenvalue weighted by atomic mass is 32.2. The van der Waals surface area contributed by atoms with E-state index < -0.39 is 0 Å². The Labute approximate surface area is 170 Å². The molecular formula is C24H39NOS. The van der Waals surface area contributed by atoms with Crippen LogP contribution in [0.5, 0.6) is 0 Å². The molecule has 2 unspecified atom stereocenters. The SMILES string of the molecule is C[C@@H]1CC2C[C@H](SC3CCNC3)CC[C@]2(C)[C@H]2CC[C@]3(C)C(=O)CC[C@H]3[C@H]12. The van der Waals surface area contributed by atoms with Crippen LogP contribution in [0.1, 0.15) is 78.6 Å². The summed E-state index contributed by atoms with van der Waals surface area (Å²) < 4.78 is 0. The maximum absolute atomic E-state index is 12.7. The van der Waals surface area contributed by atoms with E-state index in [-0.39, 0.29) is 5.41 Å². The number of nitrogens with one attached hydrogen (secondary N) is 1. The summed E-state index contributed by atoms with van der Waals surface area (Å²) in [4.78, 5) is 12.7. The monoisotopic (exact) mass is 389 g/mol. The van der Waals surface area contributed by atoms with E-state index in [2.05, 4.69) is 37.8 Å². The third-order valence-electron chi connectivity index (χ3n) is 10.1. The van der Waals surface area contributed by atoms with Gasteiger partial charge in [0.25, 0.3) is 0 Å². The topological polar surface area (TPSA) is 29.1 Å². The predicted molar refractivity (Wildman–Crippen MR) is 114 cm³/mol. The van der Waals surface area contributed by atoms with E-state index in [4.69, 9.17) is 0 Å². The molecule has 0 aromatic carbocycles. The highest BCUT2D eigenvalue weighted by Gasteiger charge is 2.61. The Morgan fingerprint density at radius 2 is 1.85 bits per heavy atom. The number of thioether (sulfide) groups is 1. The third kappa shape index (κ3) is 2.88. The first-order valence-corrected chi connectivity index (χ1v) is 12.8. The highest BCUT2D eigenvalue weighted by molar-refractivity contribution is 8.00. The van der Waals surface area contributed by atoms with Gasteiger partial charge in [-0.25, -0.2) is 0 Å². The van der Waals surface area contributed by atoms with Crippen LogP contribution in [-0.2, 0) is 4.79 Å². The number of carbonyl (C=O) groups is 1. The first-order chi connectivity index (χ1) is 12.9. The van der Waals surface area contributed by atoms with E-state index in [0.29, 0.717) is 17.1 Å². The molecule has 5 fully saturated rings. The molecule has 0 radical (unpaired) electrons. The molecule has 152 valence electrons. The van der Waals surface area contributed by atoms with Crippen LogP contribution in [0, 0.1) is 40.4 Å². The number of hydrogen-bond acceptors (Lipinski definition) is 3. The second-order valence-electron chi connectivity index (χ2n) is 11.3. The van der Waals surface area contributed by atoms with Crippen molar-refractivity contribution >= 4 is 17.5 Å². The van der Waals surface area contributed by atoms with Crippen molar-refractivity contribution in [3.8, 4) is 0 Å². The van der Waals surface area contributed by atoms with E-state index >= 15 is 0 Å². The van der Waals surface area contributed by atoms with Crippen molar-refractivity contribution in [1.82, 2.24) is 5.32 Å². The van der Waals surface area contributed by atoms with Crippen LogP contribution in [0.4, 0.5) is 0 Å². The molecule has 1 aliphatic heterocycles. The molecular weight excluding hydrogens is 350 g/mol. The van der Waals surface area contributed by atoms with Crippen molar-refractivity contribution in [2.75, 3.05) is 13.1 Å². The van der Waals surface area contributed by atoms with Gasteiger partial charge in [0.05, 0.1) is 0 Å². The minimum atomic E-state index is 0.0289. The van der Waals surface area contributed by atoms with Gasteiger partial charge in [-0.2, -0.15) is 11.8 Å². The lowest BCUT2D eigenvalue weighted by Gasteiger charge is -2.62. The molecule has 0 bridgehead atoms. The zero-order chi connectivity index (χ0) is 18.8. The standard InChI is InChI=1S/C24H39NOS/c1-15-12-16-13-17(27-18-8-11-25-14-18)6-9-23(16,2)20-7-10-24(3)19(22(15)20)4-5-21(24)26/h15-20,22,25H,4-14H2,1-3H3/t15-,16?,17-,18?,19+,20+,22+,23+,24+/m1/s1. The van der Waals surface area contributed by atoms with Crippen molar-refractivity contribution < 1.29 is 4.79 Å². The molecule has 0 aromatic rings. The molecule has 5 rings (SSSR count). The van der Waals surface area contributed by atoms with Gasteiger partial charge >= 0.3 is 0 Å². The fourth-order valence-electron chi connectivity index (χ4n) is 8.51. The van der Waals surface area contributed by atoms with E-state index in [0.717, 1.165) is 40.6 Å². The highest BCUT2D eigenvalue weighted by Crippen LogP contribution is 2.67. The molecule has 9 atom stereocenters. The minimum absolute atomic E-state index is 0.0289. The van der Waals surface area contributed by atoms with Gasteiger partial charge in [-0.05, 0) is 92.9 Å². The van der Waals surface area contributed by atoms with Crippen molar-refractivity contribution in [2.45, 2.75) is 89.1 Å². The smallest absolute Gasteiger partial charge is 0.139 e. The summed E-state index contributed by atoms with van der Waals surface area (Å²) in [5.41, 5.74) is 0.580. The predicted octanol–water partition coefficient (Wildman–Crippen LogP) is 5.31. The Bertz CT molecular complexity index is 601. The van der Waals surface area contributed by atoms with Crippen LogP contribution in [0.3, 0.4) is 0 Å². The van der Waals surface area contributed by atoms with Gasteiger partial charge in [-0.3, -0.25) is 4.79 Å². The van der Waals surface area contributed by atoms with E-state index in [9.17, 15) is 4.79 Å². The Balaban J connectivity index is 1.34. The summed E-state index contributed by atoms with van der Waals surface area (Å²) in [6.45, 7) is 10.00. The fourth-order valence-corrected chi connectivity index (χ4v) is 10.1. The summed E-state index contributed by atoms with van der Waals surface area (Å²) >= 11 is 2.32. The number of hydrogen-bond donors (Lipinski definition) is 1. The van der Waals surface area contributed by atoms with Gasteiger partial charge < -0.3 is 5.32 Å². The molecule has 4 saturated carbocycles. The quantitative estimate of drug-likeness (QED) is 0.694. The molecule has 1 N–H and O–H groups in total. The minimum Gasteiger partial charge on any atom is -0.316 e. The number of ketones is 1. The van der Waals surface area contributed by atoms with Gasteiger partial charge in [0, 0.05) is 28.9 Å². The Morgan fingerprint density at radius 1 is 1.00 bits per heavy atom. The number of Topliss-reactive ketones (excluding diaryl/α,β-unsaturated/α-hetero) is 1. The van der Waals surface area contributed by atoms with Crippen molar-refractivity contribution in [1.29, 1.82) is 0 Å². The average molecular weight is 390 g/mol. The van der Waals surface area contributed by atoms with Crippen LogP contribution in [-0.4, -0.2) is 29.4 Å². The fraction of sp³-hybridized carbons (Fsp3) is 0.958. The molecule has 4 aliphatic carbocycles. The zero-order valence-corrected chi connectivity index (χ0v) is 18.5. The molecule has 0 aromatic heterocycles. The van der Waals surface area contributed by atoms with Crippen LogP contribution in [0.25, 0.3) is 0 Å². The van der Waals surface area contributed by atoms with Crippen molar-refractivity contribution in [3.05, 3.63) is 0 Å².